The molecule has 0 radical (unpaired) electrons. The summed E-state index contributed by atoms with van der Waals surface area (Å²) in [5.74, 6) is 0. The van der Waals surface area contributed by atoms with Gasteiger partial charge in [0.2, 0.25) is 0 Å². The fourth-order valence-corrected chi connectivity index (χ4v) is 5.32. The van der Waals surface area contributed by atoms with Crippen LogP contribution in [0.3, 0.4) is 0 Å². The number of rotatable bonds is 0. The van der Waals surface area contributed by atoms with Gasteiger partial charge in [-0.2, -0.15) is 0 Å². The molecular formula is C44H90N2O16. The molecule has 0 spiro atoms. The molecule has 0 aromatic carbocycles. The predicted molar refractivity (Wildman–Crippen MR) is 236 cm³/mol. The van der Waals surface area contributed by atoms with E-state index in [2.05, 4.69) is 23.9 Å². The Morgan fingerprint density at radius 2 is 0.435 bits per heavy atom. The topological polar surface area (TPSA) is 154 Å². The van der Waals surface area contributed by atoms with Crippen LogP contribution in [-0.4, -0.2) is 258 Å². The maximum absolute atomic E-state index is 5.69. The molecule has 372 valence electrons. The Morgan fingerprint density at radius 1 is 0.242 bits per heavy atom. The predicted octanol–water partition coefficient (Wildman–Crippen LogP) is 2.46. The first kappa shape index (κ1) is 59.3. The Labute approximate surface area is 375 Å². The zero-order valence-electron chi connectivity index (χ0n) is 40.1. The highest BCUT2D eigenvalue weighted by Gasteiger charge is 2.15. The summed E-state index contributed by atoms with van der Waals surface area (Å²) >= 11 is 0. The van der Waals surface area contributed by atoms with Crippen molar-refractivity contribution in [2.45, 2.75) is 78.2 Å². The van der Waals surface area contributed by atoms with E-state index in [0.717, 1.165) is 52.6 Å². The molecule has 62 heavy (non-hydrogen) atoms. The minimum atomic E-state index is 0.0305. The first-order valence-electron chi connectivity index (χ1n) is 23.0. The number of likely N-dealkylation sites (N-methyl/N-ethyl adjacent to an activating group) is 2. The summed E-state index contributed by atoms with van der Waals surface area (Å²) in [6.45, 7) is 31.4. The van der Waals surface area contributed by atoms with E-state index in [4.69, 9.17) is 75.8 Å². The third kappa shape index (κ3) is 39.6. The molecular weight excluding hydrogens is 812 g/mol. The summed E-state index contributed by atoms with van der Waals surface area (Å²) in [6, 6.07) is 0. The molecule has 3 aliphatic rings. The van der Waals surface area contributed by atoms with Gasteiger partial charge in [-0.05, 0) is 55.6 Å². The Kier molecular flexibility index (Phi) is 42.2. The number of nitrogens with zero attached hydrogens (tertiary/aromatic N) is 2. The van der Waals surface area contributed by atoms with Crippen LogP contribution in [0, 0.1) is 0 Å². The maximum atomic E-state index is 5.69. The van der Waals surface area contributed by atoms with Gasteiger partial charge in [-0.3, -0.25) is 0 Å². The molecule has 3 saturated heterocycles. The zero-order chi connectivity index (χ0) is 45.1. The van der Waals surface area contributed by atoms with Gasteiger partial charge in [-0.1, -0.05) is 0 Å². The van der Waals surface area contributed by atoms with Crippen LogP contribution in [0.15, 0.2) is 0 Å². The van der Waals surface area contributed by atoms with Crippen molar-refractivity contribution in [1.82, 2.24) is 9.80 Å². The average Bonchev–Trinajstić information content (AvgIpc) is 3.25. The largest absolute Gasteiger partial charge is 0.378 e. The van der Waals surface area contributed by atoms with Crippen LogP contribution in [0.2, 0.25) is 0 Å². The van der Waals surface area contributed by atoms with Gasteiger partial charge in [0.25, 0.3) is 0 Å². The van der Waals surface area contributed by atoms with Crippen LogP contribution in [0.1, 0.15) is 41.5 Å². The van der Waals surface area contributed by atoms with Crippen molar-refractivity contribution >= 4 is 0 Å². The third-order valence-corrected chi connectivity index (χ3v) is 9.68. The normalized spacial score (nSPS) is 30.4. The van der Waals surface area contributed by atoms with Crippen molar-refractivity contribution in [1.29, 1.82) is 0 Å². The monoisotopic (exact) mass is 903 g/mol. The minimum Gasteiger partial charge on any atom is -0.378 e. The molecule has 18 heteroatoms. The van der Waals surface area contributed by atoms with Gasteiger partial charge >= 0.3 is 0 Å². The minimum absolute atomic E-state index is 0.0305. The van der Waals surface area contributed by atoms with Crippen LogP contribution in [0.5, 0.6) is 0 Å². The van der Waals surface area contributed by atoms with E-state index in [-0.39, 0.29) is 36.6 Å². The molecule has 18 nitrogen and oxygen atoms in total. The Bertz CT molecular complexity index is 809. The van der Waals surface area contributed by atoms with Crippen molar-refractivity contribution < 1.29 is 75.8 Å². The van der Waals surface area contributed by atoms with Gasteiger partial charge in [0.1, 0.15) is 0 Å². The Balaban J connectivity index is 0.000000466. The highest BCUT2D eigenvalue weighted by molar-refractivity contribution is 4.62. The van der Waals surface area contributed by atoms with Crippen molar-refractivity contribution in [2.24, 2.45) is 0 Å². The second-order valence-corrected chi connectivity index (χ2v) is 15.3. The Morgan fingerprint density at radius 3 is 0.694 bits per heavy atom. The maximum Gasteiger partial charge on any atom is 0.0807 e. The molecule has 0 aromatic heterocycles. The molecule has 0 bridgehead atoms. The smallest absolute Gasteiger partial charge is 0.0807 e. The van der Waals surface area contributed by atoms with Gasteiger partial charge < -0.3 is 85.6 Å². The molecule has 0 amide bonds. The van der Waals surface area contributed by atoms with E-state index in [0.29, 0.717) is 145 Å². The first-order valence-corrected chi connectivity index (χ1v) is 23.0. The highest BCUT2D eigenvalue weighted by Crippen LogP contribution is 2.06. The van der Waals surface area contributed by atoms with Crippen LogP contribution >= 0.6 is 0 Å². The molecule has 0 saturated carbocycles. The zero-order valence-corrected chi connectivity index (χ0v) is 40.1. The molecule has 6 unspecified atom stereocenters. The Hall–Kier alpha value is -0.720. The van der Waals surface area contributed by atoms with Gasteiger partial charge in [0, 0.05) is 26.2 Å². The lowest BCUT2D eigenvalue weighted by Crippen LogP contribution is -2.30. The van der Waals surface area contributed by atoms with E-state index in [1.165, 1.54) is 0 Å². The van der Waals surface area contributed by atoms with Crippen LogP contribution < -0.4 is 0 Å². The molecule has 3 aliphatic heterocycles. The number of hydrogen-bond acceptors (Lipinski definition) is 18. The fraction of sp³-hybridized carbons (Fsp3) is 1.00. The van der Waals surface area contributed by atoms with E-state index < -0.39 is 0 Å². The standard InChI is InChI=1S/C16H32O6.C14H30N2O4.C14H28O6/c1-13-14(2)20-10-6-18-8-12-22-16(4)15(3)21-11-7-17-5-9-19-13;1-15-3-7-17-11-13-19-9-5-16(2)6-10-20-14-12-18-8-4-15;1-13-11-17-5-3-15-4-6-18-12-14(2)20-10-8-16-7-9-19-13/h13-16H,5-12H2,1-4H3;3-14H2,1-2H3;13-14H,3-12H2,1-2H3. The molecule has 6 atom stereocenters. The SMILES string of the molecule is CC1COCCOCCOCC(C)OCCOCCO1.CC1OCCOCCOC(C)C(C)OCCOCCOC1C.CN1CCOCCOCCN(C)CCOCCOCC1. The lowest BCUT2D eigenvalue weighted by Gasteiger charge is -2.23. The van der Waals surface area contributed by atoms with E-state index >= 15 is 0 Å². The fourth-order valence-electron chi connectivity index (χ4n) is 5.32. The van der Waals surface area contributed by atoms with Crippen molar-refractivity contribution in [3.05, 3.63) is 0 Å². The molecule has 3 rings (SSSR count). The summed E-state index contributed by atoms with van der Waals surface area (Å²) in [6.07, 6.45) is 0.255. The number of hydrogen-bond donors (Lipinski definition) is 0. The summed E-state index contributed by atoms with van der Waals surface area (Å²) in [5, 5.41) is 0. The van der Waals surface area contributed by atoms with E-state index in [9.17, 15) is 0 Å². The van der Waals surface area contributed by atoms with Crippen molar-refractivity contribution in [3.63, 3.8) is 0 Å². The van der Waals surface area contributed by atoms with Crippen molar-refractivity contribution in [2.75, 3.05) is 212 Å². The van der Waals surface area contributed by atoms with E-state index in [1.807, 2.05) is 41.5 Å². The summed E-state index contributed by atoms with van der Waals surface area (Å²) in [4.78, 5) is 4.42. The summed E-state index contributed by atoms with van der Waals surface area (Å²) in [7, 11) is 4.15. The molecule has 3 fully saturated rings. The molecule has 0 aromatic rings. The second-order valence-electron chi connectivity index (χ2n) is 15.3. The third-order valence-electron chi connectivity index (χ3n) is 9.68. The molecule has 0 N–H and O–H groups in total. The molecule has 0 aliphatic carbocycles. The first-order chi connectivity index (χ1) is 30.2. The van der Waals surface area contributed by atoms with Crippen LogP contribution in [0.4, 0.5) is 0 Å². The van der Waals surface area contributed by atoms with Gasteiger partial charge in [-0.25, -0.2) is 0 Å². The average molecular weight is 903 g/mol. The van der Waals surface area contributed by atoms with Gasteiger partial charge in [0.15, 0.2) is 0 Å². The van der Waals surface area contributed by atoms with Crippen LogP contribution in [-0.2, 0) is 75.8 Å². The van der Waals surface area contributed by atoms with Crippen molar-refractivity contribution in [3.8, 4) is 0 Å². The quantitative estimate of drug-likeness (QED) is 0.350. The highest BCUT2D eigenvalue weighted by atomic mass is 16.6. The van der Waals surface area contributed by atoms with Crippen LogP contribution in [0.25, 0.3) is 0 Å². The lowest BCUT2D eigenvalue weighted by atomic mass is 10.2. The summed E-state index contributed by atoms with van der Waals surface area (Å²) in [5.41, 5.74) is 0. The van der Waals surface area contributed by atoms with Gasteiger partial charge in [-0.15, -0.1) is 0 Å². The molecule has 3 heterocycles. The lowest BCUT2D eigenvalue weighted by molar-refractivity contribution is -0.102. The number of ether oxygens (including phenoxy) is 16. The second kappa shape index (κ2) is 44.1. The summed E-state index contributed by atoms with van der Waals surface area (Å²) < 4.78 is 88.7. The van der Waals surface area contributed by atoms with Gasteiger partial charge in [0.05, 0.1) is 208 Å². The van der Waals surface area contributed by atoms with E-state index in [1.54, 1.807) is 0 Å².